The number of para-hydroxylation sites is 2. The van der Waals surface area contributed by atoms with Crippen LogP contribution in [0.1, 0.15) is 0 Å². The van der Waals surface area contributed by atoms with Gasteiger partial charge in [-0.3, -0.25) is 9.11 Å². The van der Waals surface area contributed by atoms with Crippen LogP contribution in [0.15, 0.2) is 79.3 Å². The van der Waals surface area contributed by atoms with Gasteiger partial charge in [-0.2, -0.15) is 16.8 Å². The molecule has 2 aromatic heterocycles. The fraction of sp³-hybridized carbons (Fsp3) is 0. The van der Waals surface area contributed by atoms with E-state index in [9.17, 15) is 25.9 Å². The summed E-state index contributed by atoms with van der Waals surface area (Å²) in [5.74, 6) is 0.378. The average molecular weight is 472 g/mol. The number of fused-ring (bicyclic) bond motifs is 2. The predicted octanol–water partition coefficient (Wildman–Crippen LogP) is 3.80. The number of hydrogen-bond donors (Lipinski definition) is 2. The third-order valence-corrected chi connectivity index (χ3v) is 6.38. The van der Waals surface area contributed by atoms with Gasteiger partial charge >= 0.3 is 0 Å². The van der Waals surface area contributed by atoms with E-state index in [1.807, 2.05) is 18.2 Å². The van der Waals surface area contributed by atoms with Crippen molar-refractivity contribution in [1.29, 1.82) is 0 Å². The van der Waals surface area contributed by atoms with E-state index in [2.05, 4.69) is 9.97 Å². The van der Waals surface area contributed by atoms with Gasteiger partial charge < -0.3 is 8.83 Å². The van der Waals surface area contributed by atoms with Crippen LogP contribution < -0.4 is 0 Å². The van der Waals surface area contributed by atoms with E-state index in [-0.39, 0.29) is 17.0 Å². The summed E-state index contributed by atoms with van der Waals surface area (Å²) < 4.78 is 76.4. The minimum atomic E-state index is -4.86. The summed E-state index contributed by atoms with van der Waals surface area (Å²) in [5, 5.41) is 0. The molecule has 3 aromatic carbocycles. The second-order valence-electron chi connectivity index (χ2n) is 6.80. The molecule has 32 heavy (non-hydrogen) atoms. The average Bonchev–Trinajstić information content (AvgIpc) is 3.36. The van der Waals surface area contributed by atoms with Gasteiger partial charge in [0, 0.05) is 17.2 Å². The lowest BCUT2D eigenvalue weighted by Gasteiger charge is -2.01. The molecule has 0 atom stereocenters. The molecular formula is C20H12N2O8S2. The molecule has 12 heteroatoms. The third-order valence-electron chi connectivity index (χ3n) is 4.68. The van der Waals surface area contributed by atoms with Crippen molar-refractivity contribution in [3.63, 3.8) is 0 Å². The van der Waals surface area contributed by atoms with Crippen molar-refractivity contribution in [3.05, 3.63) is 60.7 Å². The molecule has 2 N–H and O–H groups in total. The van der Waals surface area contributed by atoms with Gasteiger partial charge in [0.05, 0.1) is 4.90 Å². The topological polar surface area (TPSA) is 161 Å². The van der Waals surface area contributed by atoms with Crippen molar-refractivity contribution in [3.8, 4) is 22.9 Å². The minimum Gasteiger partial charge on any atom is -0.436 e. The highest BCUT2D eigenvalue weighted by Gasteiger charge is 2.24. The molecule has 0 bridgehead atoms. The Morgan fingerprint density at radius 1 is 0.688 bits per heavy atom. The van der Waals surface area contributed by atoms with Gasteiger partial charge in [-0.05, 0) is 42.5 Å². The fourth-order valence-electron chi connectivity index (χ4n) is 3.19. The molecule has 0 saturated carbocycles. The number of oxazole rings is 2. The molecule has 0 aliphatic heterocycles. The Bertz CT molecular complexity index is 1680. The summed E-state index contributed by atoms with van der Waals surface area (Å²) in [4.78, 5) is 6.94. The monoisotopic (exact) mass is 472 g/mol. The van der Waals surface area contributed by atoms with E-state index in [4.69, 9.17) is 8.83 Å². The molecule has 10 nitrogen and oxygen atoms in total. The Balaban J connectivity index is 1.60. The molecule has 0 fully saturated rings. The van der Waals surface area contributed by atoms with Crippen LogP contribution in [0.5, 0.6) is 0 Å². The first kappa shape index (κ1) is 20.3. The largest absolute Gasteiger partial charge is 0.436 e. The molecule has 0 saturated heterocycles. The summed E-state index contributed by atoms with van der Waals surface area (Å²) in [6.45, 7) is 0. The summed E-state index contributed by atoms with van der Waals surface area (Å²) in [7, 11) is -9.62. The first-order chi connectivity index (χ1) is 15.1. The molecule has 162 valence electrons. The highest BCUT2D eigenvalue weighted by atomic mass is 32.2. The van der Waals surface area contributed by atoms with Gasteiger partial charge in [-0.15, -0.1) is 0 Å². The molecule has 0 spiro atoms. The molecule has 0 amide bonds. The zero-order valence-electron chi connectivity index (χ0n) is 15.8. The second kappa shape index (κ2) is 6.97. The summed E-state index contributed by atoms with van der Waals surface area (Å²) in [6.07, 6.45) is 0. The minimum absolute atomic E-state index is 0.0264. The number of hydrogen-bond acceptors (Lipinski definition) is 8. The van der Waals surface area contributed by atoms with Crippen LogP contribution in [0.3, 0.4) is 0 Å². The lowest BCUT2D eigenvalue weighted by atomic mass is 10.1. The van der Waals surface area contributed by atoms with Crippen LogP contribution >= 0.6 is 0 Å². The van der Waals surface area contributed by atoms with Crippen molar-refractivity contribution in [2.75, 3.05) is 0 Å². The molecule has 5 aromatic rings. The highest BCUT2D eigenvalue weighted by Crippen LogP contribution is 2.32. The number of benzene rings is 3. The smallest absolute Gasteiger partial charge is 0.296 e. The van der Waals surface area contributed by atoms with Gasteiger partial charge in [0.25, 0.3) is 20.2 Å². The van der Waals surface area contributed by atoms with Gasteiger partial charge in [-0.1, -0.05) is 12.1 Å². The van der Waals surface area contributed by atoms with Gasteiger partial charge in [0.15, 0.2) is 11.2 Å². The zero-order chi connectivity index (χ0) is 22.7. The maximum atomic E-state index is 11.7. The van der Waals surface area contributed by atoms with E-state index < -0.39 is 30.0 Å². The van der Waals surface area contributed by atoms with Crippen molar-refractivity contribution in [1.82, 2.24) is 9.97 Å². The van der Waals surface area contributed by atoms with E-state index in [0.717, 1.165) is 6.07 Å². The van der Waals surface area contributed by atoms with Crippen LogP contribution in [-0.4, -0.2) is 35.9 Å². The number of rotatable bonds is 4. The third kappa shape index (κ3) is 3.54. The van der Waals surface area contributed by atoms with E-state index in [0.29, 0.717) is 34.2 Å². The molecule has 2 heterocycles. The predicted molar refractivity (Wildman–Crippen MR) is 112 cm³/mol. The van der Waals surface area contributed by atoms with Gasteiger partial charge in [0.2, 0.25) is 11.8 Å². The summed E-state index contributed by atoms with van der Waals surface area (Å²) in [6, 6.07) is 15.5. The molecular weight excluding hydrogens is 460 g/mol. The summed E-state index contributed by atoms with van der Waals surface area (Å²) >= 11 is 0. The summed E-state index contributed by atoms with van der Waals surface area (Å²) in [5.41, 5.74) is 1.93. The highest BCUT2D eigenvalue weighted by molar-refractivity contribution is 7.86. The molecule has 0 aliphatic carbocycles. The molecule has 0 radical (unpaired) electrons. The van der Waals surface area contributed by atoms with Crippen LogP contribution in [-0.2, 0) is 20.2 Å². The second-order valence-corrected chi connectivity index (χ2v) is 9.61. The van der Waals surface area contributed by atoms with Gasteiger partial charge in [-0.25, -0.2) is 9.97 Å². The molecule has 0 aliphatic rings. The standard InChI is InChI=1S/C20H12N2O8S2/c23-31(24,25)13-9-16-18(17(10-13)32(26,27)28)22-20(30-16)12-7-5-11(6-8-12)19-21-14-3-1-2-4-15(14)29-19/h1-10H,(H,23,24,25)(H,26,27,28). The van der Waals surface area contributed by atoms with Gasteiger partial charge in [0.1, 0.15) is 15.9 Å². The molecule has 5 rings (SSSR count). The molecule has 0 unspecified atom stereocenters. The fourth-order valence-corrected chi connectivity index (χ4v) is 4.46. The number of nitrogens with zero attached hydrogens (tertiary/aromatic N) is 2. The normalized spacial score (nSPS) is 12.6. The maximum Gasteiger partial charge on any atom is 0.296 e. The van der Waals surface area contributed by atoms with E-state index in [1.54, 1.807) is 30.3 Å². The van der Waals surface area contributed by atoms with Crippen LogP contribution in [0, 0.1) is 0 Å². The Kier molecular flexibility index (Phi) is 4.43. The van der Waals surface area contributed by atoms with E-state index >= 15 is 0 Å². The van der Waals surface area contributed by atoms with Crippen molar-refractivity contribution in [2.24, 2.45) is 0 Å². The zero-order valence-corrected chi connectivity index (χ0v) is 17.5. The lowest BCUT2D eigenvalue weighted by Crippen LogP contribution is -2.04. The first-order valence-electron chi connectivity index (χ1n) is 8.95. The van der Waals surface area contributed by atoms with Crippen molar-refractivity contribution >= 4 is 42.4 Å². The van der Waals surface area contributed by atoms with Crippen molar-refractivity contribution in [2.45, 2.75) is 9.79 Å². The quantitative estimate of drug-likeness (QED) is 0.368. The van der Waals surface area contributed by atoms with Crippen LogP contribution in [0.25, 0.3) is 45.1 Å². The SMILES string of the molecule is O=S(=O)(O)c1cc(S(=O)(=O)O)c2nc(-c3ccc(-c4nc5ccccc5o4)cc3)oc2c1. The Labute approximate surface area is 180 Å². The Hall–Kier alpha value is -3.58. The maximum absolute atomic E-state index is 11.7. The Morgan fingerprint density at radius 3 is 1.88 bits per heavy atom. The lowest BCUT2D eigenvalue weighted by molar-refractivity contribution is 0.481. The van der Waals surface area contributed by atoms with Crippen molar-refractivity contribution < 1.29 is 34.8 Å². The van der Waals surface area contributed by atoms with Crippen LogP contribution in [0.2, 0.25) is 0 Å². The number of aromatic nitrogens is 2. The van der Waals surface area contributed by atoms with E-state index in [1.165, 1.54) is 0 Å². The first-order valence-corrected chi connectivity index (χ1v) is 11.8. The Morgan fingerprint density at radius 2 is 1.28 bits per heavy atom. The van der Waals surface area contributed by atoms with Crippen LogP contribution in [0.4, 0.5) is 0 Å².